The summed E-state index contributed by atoms with van der Waals surface area (Å²) < 4.78 is 32.2. The van der Waals surface area contributed by atoms with Gasteiger partial charge in [-0.15, -0.1) is 0 Å². The van der Waals surface area contributed by atoms with Gasteiger partial charge in [-0.25, -0.2) is 4.79 Å². The zero-order valence-electron chi connectivity index (χ0n) is 26.0. The number of benzene rings is 1. The first-order chi connectivity index (χ1) is 20.1. The van der Waals surface area contributed by atoms with Crippen LogP contribution in [0.1, 0.15) is 65.2 Å². The van der Waals surface area contributed by atoms with Crippen molar-refractivity contribution in [2.75, 3.05) is 13.2 Å². The number of epoxide rings is 1. The van der Waals surface area contributed by atoms with Gasteiger partial charge in [-0.2, -0.15) is 0 Å². The quantitative estimate of drug-likeness (QED) is 0.375. The van der Waals surface area contributed by atoms with E-state index in [0.717, 1.165) is 6.42 Å². The second-order valence-corrected chi connectivity index (χ2v) is 14.9. The smallest absolute Gasteiger partial charge is 0.338 e. The highest BCUT2D eigenvalue weighted by Crippen LogP contribution is 2.80. The van der Waals surface area contributed by atoms with Gasteiger partial charge in [0.05, 0.1) is 30.5 Å². The Labute approximate surface area is 252 Å². The van der Waals surface area contributed by atoms with Crippen molar-refractivity contribution in [3.8, 4) is 0 Å². The minimum absolute atomic E-state index is 0.110. The van der Waals surface area contributed by atoms with Crippen molar-refractivity contribution >= 4 is 11.8 Å². The van der Waals surface area contributed by atoms with Crippen LogP contribution in [0.3, 0.4) is 0 Å². The van der Waals surface area contributed by atoms with E-state index in [1.54, 1.807) is 44.2 Å². The largest absolute Gasteiger partial charge is 0.455 e. The first-order valence-corrected chi connectivity index (χ1v) is 15.7. The van der Waals surface area contributed by atoms with Gasteiger partial charge in [0.15, 0.2) is 17.2 Å². The molecule has 2 saturated heterocycles. The summed E-state index contributed by atoms with van der Waals surface area (Å²) in [5, 5.41) is 25.7. The molecule has 2 N–H and O–H groups in total. The van der Waals surface area contributed by atoms with Crippen LogP contribution in [0.5, 0.6) is 0 Å². The molecule has 3 saturated carbocycles. The Kier molecular flexibility index (Phi) is 6.18. The Morgan fingerprint density at radius 2 is 1.81 bits per heavy atom. The van der Waals surface area contributed by atoms with Crippen LogP contribution >= 0.6 is 0 Å². The number of rotatable bonds is 6. The van der Waals surface area contributed by atoms with Gasteiger partial charge in [-0.05, 0) is 38.0 Å². The molecule has 7 rings (SSSR count). The third kappa shape index (κ3) is 3.55. The molecule has 4 aliphatic carbocycles. The lowest BCUT2D eigenvalue weighted by Crippen LogP contribution is -2.70. The van der Waals surface area contributed by atoms with E-state index in [-0.39, 0.29) is 18.4 Å². The maximum atomic E-state index is 13.7. The molecule has 9 heteroatoms. The van der Waals surface area contributed by atoms with E-state index in [1.165, 1.54) is 6.08 Å². The van der Waals surface area contributed by atoms with E-state index in [2.05, 4.69) is 27.7 Å². The predicted octanol–water partition coefficient (Wildman–Crippen LogP) is 3.46. The summed E-state index contributed by atoms with van der Waals surface area (Å²) in [6.07, 6.45) is 1.38. The van der Waals surface area contributed by atoms with Gasteiger partial charge in [-0.1, -0.05) is 65.3 Å². The van der Waals surface area contributed by atoms with Crippen molar-refractivity contribution in [2.24, 2.45) is 35.0 Å². The molecule has 6 aliphatic rings. The molecule has 9 nitrogen and oxygen atoms in total. The minimum atomic E-state index is -2.10. The Hall–Kier alpha value is -2.14. The Morgan fingerprint density at radius 1 is 1.12 bits per heavy atom. The number of hydrogen-bond acceptors (Lipinski definition) is 9. The third-order valence-electron chi connectivity index (χ3n) is 12.0. The number of hydrogen-bond donors (Lipinski definition) is 2. The first kappa shape index (κ1) is 29.6. The molecule has 2 aliphatic heterocycles. The van der Waals surface area contributed by atoms with Gasteiger partial charge in [0.2, 0.25) is 0 Å². The average Bonchev–Trinajstić information content (AvgIpc) is 3.76. The zero-order valence-corrected chi connectivity index (χ0v) is 26.0. The lowest BCUT2D eigenvalue weighted by molar-refractivity contribution is -0.329. The lowest BCUT2D eigenvalue weighted by Gasteiger charge is -2.54. The van der Waals surface area contributed by atoms with Crippen LogP contribution in [0.15, 0.2) is 42.5 Å². The molecule has 2 heterocycles. The van der Waals surface area contributed by atoms with Crippen LogP contribution in [0.2, 0.25) is 0 Å². The van der Waals surface area contributed by atoms with Gasteiger partial charge in [0, 0.05) is 29.1 Å². The fraction of sp³-hybridized carbons (Fsp3) is 0.706. The monoisotopic (exact) mass is 596 g/mol. The van der Waals surface area contributed by atoms with E-state index in [9.17, 15) is 19.8 Å². The minimum Gasteiger partial charge on any atom is -0.455 e. The lowest BCUT2D eigenvalue weighted by atomic mass is 9.58. The standard InChI is InChI=1S/C34H44O9/c1-8-18(2)16-39-34-24(29(34,4)5)23-26-31(42-26)17-40-30(6,7)43-28(31)33(38)21(14-15-22(33)35)32(23,37)19(3)25(34)41-27(36)20-12-10-9-11-13-20/h9-15,18-19,21,23-26,28,37-38H,8,16-17H2,1-7H3/t18?,19-,21+,23-,24-,25-,26+,28?,31+,32+,33-,34-/m1/s1. The van der Waals surface area contributed by atoms with Gasteiger partial charge < -0.3 is 33.9 Å². The second kappa shape index (κ2) is 8.98. The fourth-order valence-electron chi connectivity index (χ4n) is 9.42. The van der Waals surface area contributed by atoms with Crippen molar-refractivity contribution < 1.29 is 43.5 Å². The summed E-state index contributed by atoms with van der Waals surface area (Å²) >= 11 is 0. The Balaban J connectivity index is 1.39. The highest BCUT2D eigenvalue weighted by atomic mass is 16.8. The van der Waals surface area contributed by atoms with Crippen molar-refractivity contribution in [2.45, 2.75) is 101 Å². The summed E-state index contributed by atoms with van der Waals surface area (Å²) in [4.78, 5) is 27.3. The van der Waals surface area contributed by atoms with E-state index in [1.807, 2.05) is 13.0 Å². The molecule has 12 atom stereocenters. The number of ketones is 1. The van der Waals surface area contributed by atoms with Crippen LogP contribution in [0.25, 0.3) is 0 Å². The molecule has 234 valence electrons. The molecule has 43 heavy (non-hydrogen) atoms. The Bertz CT molecular complexity index is 1370. The number of fused-ring (bicyclic) bond motifs is 7. The van der Waals surface area contributed by atoms with Crippen LogP contribution < -0.4 is 0 Å². The van der Waals surface area contributed by atoms with Crippen LogP contribution in [-0.4, -0.2) is 81.7 Å². The normalized spacial score (nSPS) is 48.5. The first-order valence-electron chi connectivity index (χ1n) is 15.7. The molecule has 0 aromatic heterocycles. The molecule has 1 spiro atoms. The molecule has 1 aromatic carbocycles. The number of carbonyl (C=O) groups is 2. The SMILES string of the molecule is CCC(C)CO[C@@]12[C@H](OC(=O)c3ccccc3)[C@@H](C)[C@@]3(O)[C@H]([C@@H]1C2(C)C)[C@@H]1O[C@@]12COC(C)(C)OC2[C@]1(O)C(=O)C=C[C@@H]31. The molecular weight excluding hydrogens is 552 g/mol. The maximum absolute atomic E-state index is 13.7. The highest BCUT2D eigenvalue weighted by molar-refractivity contribution is 6.01. The molecule has 1 aromatic rings. The average molecular weight is 597 g/mol. The fourth-order valence-corrected chi connectivity index (χ4v) is 9.42. The van der Waals surface area contributed by atoms with Gasteiger partial charge >= 0.3 is 5.97 Å². The summed E-state index contributed by atoms with van der Waals surface area (Å²) in [7, 11) is 0. The zero-order chi connectivity index (χ0) is 31.0. The summed E-state index contributed by atoms with van der Waals surface area (Å²) in [5.74, 6) is -4.51. The number of carbonyl (C=O) groups excluding carboxylic acids is 2. The van der Waals surface area contributed by atoms with Crippen molar-refractivity contribution in [1.82, 2.24) is 0 Å². The van der Waals surface area contributed by atoms with Crippen LogP contribution in [0.4, 0.5) is 0 Å². The molecular formula is C34H44O9. The Morgan fingerprint density at radius 3 is 2.49 bits per heavy atom. The van der Waals surface area contributed by atoms with Gasteiger partial charge in [0.25, 0.3) is 0 Å². The summed E-state index contributed by atoms with van der Waals surface area (Å²) in [5.41, 5.74) is -6.00. The van der Waals surface area contributed by atoms with E-state index in [4.69, 9.17) is 23.7 Å². The predicted molar refractivity (Wildman–Crippen MR) is 154 cm³/mol. The van der Waals surface area contributed by atoms with Crippen molar-refractivity contribution in [3.05, 3.63) is 48.0 Å². The van der Waals surface area contributed by atoms with Crippen LogP contribution in [0, 0.1) is 35.0 Å². The third-order valence-corrected chi connectivity index (χ3v) is 12.0. The van der Waals surface area contributed by atoms with Crippen molar-refractivity contribution in [3.63, 3.8) is 0 Å². The topological polar surface area (TPSA) is 124 Å². The molecule has 0 bridgehead atoms. The summed E-state index contributed by atoms with van der Waals surface area (Å²) in [6.45, 7) is 14.3. The number of esters is 1. The van der Waals surface area contributed by atoms with Gasteiger partial charge in [-0.3, -0.25) is 4.79 Å². The second-order valence-electron chi connectivity index (χ2n) is 14.9. The molecule has 2 unspecified atom stereocenters. The van der Waals surface area contributed by atoms with Crippen molar-refractivity contribution in [1.29, 1.82) is 0 Å². The molecule has 5 fully saturated rings. The molecule has 0 radical (unpaired) electrons. The highest BCUT2D eigenvalue weighted by Gasteiger charge is 2.93. The van der Waals surface area contributed by atoms with Gasteiger partial charge in [0.1, 0.15) is 23.4 Å². The van der Waals surface area contributed by atoms with Crippen LogP contribution in [-0.2, 0) is 28.5 Å². The number of ether oxygens (including phenoxy) is 5. The maximum Gasteiger partial charge on any atom is 0.338 e. The van der Waals surface area contributed by atoms with E-state index >= 15 is 0 Å². The molecule has 0 amide bonds. The summed E-state index contributed by atoms with van der Waals surface area (Å²) in [6, 6.07) is 8.78. The number of aliphatic hydroxyl groups is 2. The van der Waals surface area contributed by atoms with E-state index < -0.39 is 81.4 Å². The van der Waals surface area contributed by atoms with E-state index in [0.29, 0.717) is 12.2 Å².